The highest BCUT2D eigenvalue weighted by Crippen LogP contribution is 2.22. The minimum absolute atomic E-state index is 0.160. The van der Waals surface area contributed by atoms with Crippen LogP contribution >= 0.6 is 23.1 Å². The quantitative estimate of drug-likeness (QED) is 0.824. The van der Waals surface area contributed by atoms with Crippen LogP contribution in [0.15, 0.2) is 0 Å². The molecule has 0 unspecified atom stereocenters. The summed E-state index contributed by atoms with van der Waals surface area (Å²) in [5.74, 6) is 0.402. The number of nitrogen functional groups attached to an aromatic ring is 1. The van der Waals surface area contributed by atoms with E-state index in [2.05, 4.69) is 10.2 Å². The molecular formula is C7H8N4O2S2. The third kappa shape index (κ3) is 2.26. The number of hydrogen-bond donors (Lipinski definition) is 1. The van der Waals surface area contributed by atoms with Gasteiger partial charge in [0, 0.05) is 12.2 Å². The number of imide groups is 1. The molecule has 1 fully saturated rings. The van der Waals surface area contributed by atoms with E-state index in [9.17, 15) is 9.59 Å². The molecule has 1 aliphatic heterocycles. The molecule has 1 saturated heterocycles. The number of anilines is 1. The van der Waals surface area contributed by atoms with E-state index in [1.807, 2.05) is 0 Å². The van der Waals surface area contributed by atoms with Crippen LogP contribution in [-0.4, -0.2) is 32.0 Å². The van der Waals surface area contributed by atoms with Crippen LogP contribution in [0.4, 0.5) is 9.93 Å². The zero-order chi connectivity index (χ0) is 10.8. The number of carbonyl (C=O) groups excluding carboxylic acids is 2. The molecular weight excluding hydrogens is 236 g/mol. The van der Waals surface area contributed by atoms with E-state index < -0.39 is 0 Å². The highest BCUT2D eigenvalue weighted by molar-refractivity contribution is 8.13. The van der Waals surface area contributed by atoms with E-state index in [1.54, 1.807) is 0 Å². The lowest BCUT2D eigenvalue weighted by atomic mass is 10.4. The van der Waals surface area contributed by atoms with Gasteiger partial charge in [-0.05, 0) is 0 Å². The van der Waals surface area contributed by atoms with Crippen molar-refractivity contribution >= 4 is 39.4 Å². The second-order valence-electron chi connectivity index (χ2n) is 2.88. The number of amides is 2. The summed E-state index contributed by atoms with van der Waals surface area (Å²) in [6, 6.07) is 0. The Morgan fingerprint density at radius 2 is 2.20 bits per heavy atom. The first-order valence-corrected chi connectivity index (χ1v) is 6.02. The summed E-state index contributed by atoms with van der Waals surface area (Å²) < 4.78 is 0. The van der Waals surface area contributed by atoms with E-state index in [4.69, 9.17) is 5.73 Å². The maximum atomic E-state index is 11.4. The van der Waals surface area contributed by atoms with Crippen molar-refractivity contribution < 1.29 is 9.59 Å². The van der Waals surface area contributed by atoms with Crippen LogP contribution in [0.3, 0.4) is 0 Å². The molecule has 15 heavy (non-hydrogen) atoms. The Balaban J connectivity index is 2.09. The van der Waals surface area contributed by atoms with E-state index in [1.165, 1.54) is 16.2 Å². The van der Waals surface area contributed by atoms with Crippen LogP contribution in [-0.2, 0) is 11.3 Å². The molecule has 0 spiro atoms. The number of nitrogens with zero attached hydrogens (tertiary/aromatic N) is 3. The molecule has 1 aromatic rings. The van der Waals surface area contributed by atoms with Gasteiger partial charge in [-0.25, -0.2) is 0 Å². The van der Waals surface area contributed by atoms with Gasteiger partial charge in [-0.3, -0.25) is 14.5 Å². The summed E-state index contributed by atoms with van der Waals surface area (Å²) in [6.45, 7) is 0.180. The molecule has 2 rings (SSSR count). The smallest absolute Gasteiger partial charge is 0.288 e. The molecule has 0 bridgehead atoms. The summed E-state index contributed by atoms with van der Waals surface area (Å²) >= 11 is 2.33. The molecule has 0 radical (unpaired) electrons. The molecule has 6 nitrogen and oxygen atoms in total. The van der Waals surface area contributed by atoms with Crippen molar-refractivity contribution in [1.82, 2.24) is 15.1 Å². The van der Waals surface area contributed by atoms with Crippen molar-refractivity contribution in [3.05, 3.63) is 5.01 Å². The van der Waals surface area contributed by atoms with E-state index >= 15 is 0 Å². The lowest BCUT2D eigenvalue weighted by molar-refractivity contribution is -0.128. The molecule has 2 heterocycles. The van der Waals surface area contributed by atoms with Gasteiger partial charge in [0.15, 0.2) is 0 Å². The van der Waals surface area contributed by atoms with E-state index in [-0.39, 0.29) is 17.7 Å². The van der Waals surface area contributed by atoms with E-state index in [0.717, 1.165) is 11.8 Å². The van der Waals surface area contributed by atoms with Crippen LogP contribution in [0.2, 0.25) is 0 Å². The Bertz CT molecular complexity index is 389. The number of carbonyl (C=O) groups is 2. The standard InChI is InChI=1S/C7H8N4O2S2/c8-6-10-9-4(15-6)3-11-5(12)1-2-14-7(11)13/h1-3H2,(H2,8,10). The van der Waals surface area contributed by atoms with Crippen molar-refractivity contribution in [2.45, 2.75) is 13.0 Å². The third-order valence-electron chi connectivity index (χ3n) is 1.84. The Hall–Kier alpha value is -1.15. The molecule has 0 aromatic carbocycles. The Kier molecular flexibility index (Phi) is 2.87. The topological polar surface area (TPSA) is 89.2 Å². The van der Waals surface area contributed by atoms with Gasteiger partial charge in [0.05, 0.1) is 6.54 Å². The first-order chi connectivity index (χ1) is 7.16. The molecule has 0 aliphatic carbocycles. The minimum Gasteiger partial charge on any atom is -0.374 e. The number of nitrogens with two attached hydrogens (primary N) is 1. The Morgan fingerprint density at radius 3 is 2.80 bits per heavy atom. The van der Waals surface area contributed by atoms with Gasteiger partial charge in [0.1, 0.15) is 5.01 Å². The monoisotopic (exact) mass is 244 g/mol. The Morgan fingerprint density at radius 1 is 1.40 bits per heavy atom. The summed E-state index contributed by atoms with van der Waals surface area (Å²) in [7, 11) is 0. The summed E-state index contributed by atoms with van der Waals surface area (Å²) in [5.41, 5.74) is 5.40. The molecule has 2 N–H and O–H groups in total. The number of rotatable bonds is 2. The molecule has 0 atom stereocenters. The maximum absolute atomic E-state index is 11.4. The van der Waals surface area contributed by atoms with Crippen LogP contribution in [0, 0.1) is 0 Å². The van der Waals surface area contributed by atoms with Gasteiger partial charge in [-0.15, -0.1) is 10.2 Å². The molecule has 1 aliphatic rings. The van der Waals surface area contributed by atoms with Gasteiger partial charge in [-0.1, -0.05) is 23.1 Å². The zero-order valence-corrected chi connectivity index (χ0v) is 9.31. The SMILES string of the molecule is Nc1nnc(CN2C(=O)CCSC2=O)s1. The fraction of sp³-hybridized carbons (Fsp3) is 0.429. The molecule has 1 aromatic heterocycles. The molecule has 0 saturated carbocycles. The average molecular weight is 244 g/mol. The third-order valence-corrected chi connectivity index (χ3v) is 3.45. The van der Waals surface area contributed by atoms with E-state index in [0.29, 0.717) is 22.3 Å². The summed E-state index contributed by atoms with van der Waals surface area (Å²) in [6.07, 6.45) is 0.394. The normalized spacial score (nSPS) is 17.2. The fourth-order valence-electron chi connectivity index (χ4n) is 1.16. The second-order valence-corrected chi connectivity index (χ2v) is 5.02. The van der Waals surface area contributed by atoms with Crippen molar-refractivity contribution in [1.29, 1.82) is 0 Å². The molecule has 8 heteroatoms. The molecule has 80 valence electrons. The van der Waals surface area contributed by atoms with Crippen molar-refractivity contribution in [2.24, 2.45) is 0 Å². The van der Waals surface area contributed by atoms with Crippen LogP contribution in [0.1, 0.15) is 11.4 Å². The van der Waals surface area contributed by atoms with Crippen LogP contribution < -0.4 is 5.73 Å². The predicted molar refractivity (Wildman–Crippen MR) is 57.3 cm³/mol. The summed E-state index contributed by atoms with van der Waals surface area (Å²) in [5, 5.41) is 8.09. The zero-order valence-electron chi connectivity index (χ0n) is 7.67. The van der Waals surface area contributed by atoms with Crippen LogP contribution in [0.25, 0.3) is 0 Å². The second kappa shape index (κ2) is 4.15. The van der Waals surface area contributed by atoms with Crippen molar-refractivity contribution in [3.8, 4) is 0 Å². The first-order valence-electron chi connectivity index (χ1n) is 4.22. The number of hydrogen-bond acceptors (Lipinski definition) is 7. The lowest BCUT2D eigenvalue weighted by Crippen LogP contribution is -2.37. The van der Waals surface area contributed by atoms with Gasteiger partial charge in [0.2, 0.25) is 11.0 Å². The highest BCUT2D eigenvalue weighted by atomic mass is 32.2. The fourth-order valence-corrected chi connectivity index (χ4v) is 2.53. The Labute approximate surface area is 93.8 Å². The van der Waals surface area contributed by atoms with Gasteiger partial charge >= 0.3 is 0 Å². The number of thioether (sulfide) groups is 1. The largest absolute Gasteiger partial charge is 0.374 e. The average Bonchev–Trinajstić information content (AvgIpc) is 2.58. The minimum atomic E-state index is -0.222. The predicted octanol–water partition coefficient (Wildman–Crippen LogP) is 0.706. The van der Waals surface area contributed by atoms with Crippen molar-refractivity contribution in [2.75, 3.05) is 11.5 Å². The molecule has 2 amide bonds. The number of aromatic nitrogens is 2. The van der Waals surface area contributed by atoms with Crippen LogP contribution in [0.5, 0.6) is 0 Å². The first kappa shape index (κ1) is 10.4. The summed E-state index contributed by atoms with van der Waals surface area (Å²) in [4.78, 5) is 24.0. The van der Waals surface area contributed by atoms with Gasteiger partial charge < -0.3 is 5.73 Å². The highest BCUT2D eigenvalue weighted by Gasteiger charge is 2.27. The van der Waals surface area contributed by atoms with Gasteiger partial charge in [0.25, 0.3) is 5.24 Å². The van der Waals surface area contributed by atoms with Gasteiger partial charge in [-0.2, -0.15) is 0 Å². The maximum Gasteiger partial charge on any atom is 0.288 e. The van der Waals surface area contributed by atoms with Crippen molar-refractivity contribution in [3.63, 3.8) is 0 Å². The lowest BCUT2D eigenvalue weighted by Gasteiger charge is -2.22.